The Bertz CT molecular complexity index is 1070. The van der Waals surface area contributed by atoms with E-state index < -0.39 is 28.8 Å². The maximum absolute atomic E-state index is 12.5. The van der Waals surface area contributed by atoms with Crippen molar-refractivity contribution in [3.05, 3.63) is 75.3 Å². The first-order valence-corrected chi connectivity index (χ1v) is 12.5. The number of non-ortho nitro benzene ring substituents is 1. The largest absolute Gasteiger partial charge is 0.444 e. The molecule has 0 aliphatic heterocycles. The molecule has 1 saturated carbocycles. The van der Waals surface area contributed by atoms with E-state index in [0.29, 0.717) is 6.42 Å². The van der Waals surface area contributed by atoms with Crippen molar-refractivity contribution in [2.75, 3.05) is 6.54 Å². The number of carbonyl (C=O) groups excluding carboxylic acids is 1. The molecular formula is C28H39N3O5. The lowest BCUT2D eigenvalue weighted by molar-refractivity contribution is -0.384. The summed E-state index contributed by atoms with van der Waals surface area (Å²) in [5.74, 6) is 0. The van der Waals surface area contributed by atoms with Gasteiger partial charge in [0.15, 0.2) is 0 Å². The number of aliphatic hydroxyl groups is 1. The molecule has 1 aliphatic rings. The third-order valence-corrected chi connectivity index (χ3v) is 6.45. The lowest BCUT2D eigenvalue weighted by atomic mass is 9.85. The molecule has 196 valence electrons. The number of amides is 1. The zero-order valence-corrected chi connectivity index (χ0v) is 22.1. The maximum atomic E-state index is 12.5. The number of aliphatic hydroxyl groups excluding tert-OH is 1. The molecule has 0 bridgehead atoms. The van der Waals surface area contributed by atoms with Crippen molar-refractivity contribution in [3.8, 4) is 0 Å². The van der Waals surface area contributed by atoms with Crippen LogP contribution in [0, 0.1) is 10.1 Å². The zero-order chi connectivity index (χ0) is 26.7. The van der Waals surface area contributed by atoms with Crippen molar-refractivity contribution in [1.82, 2.24) is 10.6 Å². The Morgan fingerprint density at radius 2 is 1.75 bits per heavy atom. The average Bonchev–Trinajstić information content (AvgIpc) is 3.57. The highest BCUT2D eigenvalue weighted by Gasteiger charge is 2.44. The Hall–Kier alpha value is -2.97. The van der Waals surface area contributed by atoms with Gasteiger partial charge in [-0.3, -0.25) is 10.1 Å². The second kappa shape index (κ2) is 10.6. The van der Waals surface area contributed by atoms with E-state index in [0.717, 1.165) is 18.4 Å². The molecule has 2 atom stereocenters. The summed E-state index contributed by atoms with van der Waals surface area (Å²) >= 11 is 0. The quantitative estimate of drug-likeness (QED) is 0.333. The van der Waals surface area contributed by atoms with E-state index in [9.17, 15) is 20.0 Å². The topological polar surface area (TPSA) is 114 Å². The van der Waals surface area contributed by atoms with Crippen molar-refractivity contribution >= 4 is 11.8 Å². The first-order valence-electron chi connectivity index (χ1n) is 12.5. The summed E-state index contributed by atoms with van der Waals surface area (Å²) in [5.41, 5.74) is 2.39. The van der Waals surface area contributed by atoms with E-state index in [2.05, 4.69) is 55.7 Å². The molecule has 3 rings (SSSR count). The van der Waals surface area contributed by atoms with Gasteiger partial charge in [0, 0.05) is 24.2 Å². The lowest BCUT2D eigenvalue weighted by Crippen LogP contribution is -2.51. The number of benzene rings is 2. The van der Waals surface area contributed by atoms with Crippen molar-refractivity contribution in [2.45, 2.75) is 89.5 Å². The molecule has 0 spiro atoms. The molecule has 8 heteroatoms. The third-order valence-electron chi connectivity index (χ3n) is 6.45. The number of nitro groups is 1. The molecule has 0 aromatic heterocycles. The molecule has 36 heavy (non-hydrogen) atoms. The van der Waals surface area contributed by atoms with E-state index in [-0.39, 0.29) is 23.2 Å². The summed E-state index contributed by atoms with van der Waals surface area (Å²) in [7, 11) is 0. The summed E-state index contributed by atoms with van der Waals surface area (Å²) in [4.78, 5) is 23.0. The fourth-order valence-corrected chi connectivity index (χ4v) is 4.17. The van der Waals surface area contributed by atoms with Crippen molar-refractivity contribution in [3.63, 3.8) is 0 Å². The van der Waals surface area contributed by atoms with E-state index in [1.807, 2.05) is 0 Å². The number of alkyl carbamates (subject to hydrolysis) is 1. The minimum Gasteiger partial charge on any atom is -0.444 e. The highest BCUT2D eigenvalue weighted by Crippen LogP contribution is 2.46. The van der Waals surface area contributed by atoms with Crippen LogP contribution in [-0.2, 0) is 22.1 Å². The minimum absolute atomic E-state index is 0.00854. The Morgan fingerprint density at radius 3 is 2.28 bits per heavy atom. The summed E-state index contributed by atoms with van der Waals surface area (Å²) < 4.78 is 5.41. The van der Waals surface area contributed by atoms with Crippen LogP contribution in [-0.4, -0.2) is 40.4 Å². The van der Waals surface area contributed by atoms with E-state index in [1.165, 1.54) is 23.3 Å². The minimum atomic E-state index is -0.906. The summed E-state index contributed by atoms with van der Waals surface area (Å²) in [6.07, 6.45) is 0.718. The van der Waals surface area contributed by atoms with Crippen LogP contribution in [0.4, 0.5) is 10.5 Å². The Morgan fingerprint density at radius 1 is 1.11 bits per heavy atom. The molecule has 0 radical (unpaired) electrons. The van der Waals surface area contributed by atoms with Crippen molar-refractivity contribution < 1.29 is 19.6 Å². The Balaban J connectivity index is 1.73. The van der Waals surface area contributed by atoms with Crippen LogP contribution in [0.1, 0.15) is 71.1 Å². The van der Waals surface area contributed by atoms with Crippen LogP contribution < -0.4 is 10.6 Å². The van der Waals surface area contributed by atoms with Gasteiger partial charge in [0.25, 0.3) is 5.69 Å². The molecule has 0 heterocycles. The van der Waals surface area contributed by atoms with E-state index in [1.54, 1.807) is 32.9 Å². The van der Waals surface area contributed by atoms with Crippen LogP contribution >= 0.6 is 0 Å². The fraction of sp³-hybridized carbons (Fsp3) is 0.536. The first kappa shape index (κ1) is 27.6. The molecule has 0 saturated heterocycles. The predicted octanol–water partition coefficient (Wildman–Crippen LogP) is 4.97. The predicted molar refractivity (Wildman–Crippen MR) is 140 cm³/mol. The van der Waals surface area contributed by atoms with Crippen LogP contribution in [0.2, 0.25) is 0 Å². The number of rotatable bonds is 9. The summed E-state index contributed by atoms with van der Waals surface area (Å²) in [5, 5.41) is 28.5. The van der Waals surface area contributed by atoms with Gasteiger partial charge >= 0.3 is 6.09 Å². The molecule has 1 aliphatic carbocycles. The number of hydrogen-bond donors (Lipinski definition) is 3. The molecule has 3 N–H and O–H groups in total. The summed E-state index contributed by atoms with van der Waals surface area (Å²) in [6, 6.07) is 14.1. The van der Waals surface area contributed by atoms with Crippen LogP contribution in [0.3, 0.4) is 0 Å². The van der Waals surface area contributed by atoms with Gasteiger partial charge in [-0.1, -0.05) is 57.2 Å². The molecule has 1 amide bonds. The standard InChI is InChI=1S/C28H39N3O5/c1-26(2,3)20-8-7-9-21(17-20)28(14-15-28)29-18-24(32)23(30-25(33)36-27(4,5)6)16-19-10-12-22(13-11-19)31(34)35/h7-13,17,23-24,29,32H,14-16,18H2,1-6H3,(H,30,33)/t23-,24-/m0/s1. The number of hydrogen-bond acceptors (Lipinski definition) is 6. The average molecular weight is 498 g/mol. The van der Waals surface area contributed by atoms with Crippen molar-refractivity contribution in [1.29, 1.82) is 0 Å². The van der Waals surface area contributed by atoms with Gasteiger partial charge in [0.05, 0.1) is 17.1 Å². The van der Waals surface area contributed by atoms with E-state index in [4.69, 9.17) is 4.74 Å². The number of nitrogens with zero attached hydrogens (tertiary/aromatic N) is 1. The second-order valence-electron chi connectivity index (χ2n) is 11.7. The number of nitro benzene ring substituents is 1. The SMILES string of the molecule is CC(C)(C)OC(=O)N[C@@H](Cc1ccc([N+](=O)[O-])cc1)[C@@H](O)CNC1(c2cccc(C(C)(C)C)c2)CC1. The third kappa shape index (κ3) is 7.51. The fourth-order valence-electron chi connectivity index (χ4n) is 4.17. The normalized spacial score (nSPS) is 16.6. The second-order valence-corrected chi connectivity index (χ2v) is 11.7. The Labute approximate surface area is 213 Å². The summed E-state index contributed by atoms with van der Waals surface area (Å²) in [6.45, 7) is 12.2. The number of carbonyl (C=O) groups is 1. The lowest BCUT2D eigenvalue weighted by Gasteiger charge is -2.29. The van der Waals surface area contributed by atoms with Gasteiger partial charge in [-0.25, -0.2) is 4.79 Å². The van der Waals surface area contributed by atoms with Gasteiger partial charge in [0.2, 0.25) is 0 Å². The van der Waals surface area contributed by atoms with Crippen LogP contribution in [0.5, 0.6) is 0 Å². The van der Waals surface area contributed by atoms with Crippen LogP contribution in [0.15, 0.2) is 48.5 Å². The zero-order valence-electron chi connectivity index (χ0n) is 22.1. The molecule has 8 nitrogen and oxygen atoms in total. The molecule has 1 fully saturated rings. The van der Waals surface area contributed by atoms with Crippen LogP contribution in [0.25, 0.3) is 0 Å². The first-order chi connectivity index (χ1) is 16.7. The van der Waals surface area contributed by atoms with Gasteiger partial charge in [0.1, 0.15) is 5.60 Å². The highest BCUT2D eigenvalue weighted by atomic mass is 16.6. The monoisotopic (exact) mass is 497 g/mol. The number of nitrogens with one attached hydrogen (secondary N) is 2. The maximum Gasteiger partial charge on any atom is 0.407 e. The molecule has 0 unspecified atom stereocenters. The number of ether oxygens (including phenoxy) is 1. The van der Waals surface area contributed by atoms with Gasteiger partial charge in [-0.05, 0) is 62.1 Å². The van der Waals surface area contributed by atoms with E-state index >= 15 is 0 Å². The molecule has 2 aromatic rings. The van der Waals surface area contributed by atoms with Gasteiger partial charge in [-0.15, -0.1) is 0 Å². The molecular weight excluding hydrogens is 458 g/mol. The van der Waals surface area contributed by atoms with Gasteiger partial charge < -0.3 is 20.5 Å². The molecule has 2 aromatic carbocycles. The van der Waals surface area contributed by atoms with Gasteiger partial charge in [-0.2, -0.15) is 0 Å². The van der Waals surface area contributed by atoms with Crippen molar-refractivity contribution in [2.24, 2.45) is 0 Å². The smallest absolute Gasteiger partial charge is 0.407 e. The highest BCUT2D eigenvalue weighted by molar-refractivity contribution is 5.68. The Kier molecular flexibility index (Phi) is 8.10.